The minimum absolute atomic E-state index is 0.204. The minimum atomic E-state index is 0.204. The molecule has 1 aliphatic heterocycles. The molecule has 5 nitrogen and oxygen atoms in total. The molecule has 4 rings (SSSR count). The quantitative estimate of drug-likeness (QED) is 0.730. The normalized spacial score (nSPS) is 17.3. The summed E-state index contributed by atoms with van der Waals surface area (Å²) >= 11 is 0. The van der Waals surface area contributed by atoms with Gasteiger partial charge in [0.25, 0.3) is 5.91 Å². The summed E-state index contributed by atoms with van der Waals surface area (Å²) in [6, 6.07) is 10.7. The predicted molar refractivity (Wildman–Crippen MR) is 116 cm³/mol. The summed E-state index contributed by atoms with van der Waals surface area (Å²) in [5.74, 6) is 0.204. The molecule has 1 fully saturated rings. The molecule has 0 bridgehead atoms. The summed E-state index contributed by atoms with van der Waals surface area (Å²) in [6.07, 6.45) is 11.7. The van der Waals surface area contributed by atoms with Crippen LogP contribution in [0.2, 0.25) is 0 Å². The highest BCUT2D eigenvalue weighted by molar-refractivity contribution is 6.07. The number of hydrogen-bond donors (Lipinski definition) is 2. The number of amides is 1. The fourth-order valence-electron chi connectivity index (χ4n) is 4.45. The van der Waals surface area contributed by atoms with Gasteiger partial charge in [-0.05, 0) is 48.1 Å². The third-order valence-corrected chi connectivity index (χ3v) is 6.01. The maximum atomic E-state index is 13.0. The number of nitrogens with one attached hydrogen (secondary N) is 2. The van der Waals surface area contributed by atoms with Crippen molar-refractivity contribution in [3.05, 3.63) is 70.7 Å². The largest absolute Gasteiger partial charge is 0.393 e. The summed E-state index contributed by atoms with van der Waals surface area (Å²) in [6.45, 7) is 0.763. The summed E-state index contributed by atoms with van der Waals surface area (Å²) < 4.78 is 0. The van der Waals surface area contributed by atoms with E-state index >= 15 is 0 Å². The Labute approximate surface area is 172 Å². The first-order chi connectivity index (χ1) is 14.2. The average molecular weight is 389 g/mol. The van der Waals surface area contributed by atoms with Crippen LogP contribution in [0.4, 0.5) is 0 Å². The fraction of sp³-hybridized carbons (Fsp3) is 0.375. The van der Waals surface area contributed by atoms with Crippen LogP contribution in [0.25, 0.3) is 5.57 Å². The highest BCUT2D eigenvalue weighted by atomic mass is 16.2. The van der Waals surface area contributed by atoms with Gasteiger partial charge in [-0.3, -0.25) is 9.78 Å². The zero-order valence-corrected chi connectivity index (χ0v) is 16.9. The van der Waals surface area contributed by atoms with Crippen molar-refractivity contribution in [2.45, 2.75) is 51.1 Å². The van der Waals surface area contributed by atoms with Gasteiger partial charge in [0.15, 0.2) is 0 Å². The second-order valence-electron chi connectivity index (χ2n) is 7.98. The first-order valence-electron chi connectivity index (χ1n) is 10.5. The molecule has 1 aromatic heterocycles. The lowest BCUT2D eigenvalue weighted by Gasteiger charge is -2.30. The van der Waals surface area contributed by atoms with Crippen LogP contribution >= 0.6 is 0 Å². The molecule has 2 N–H and O–H groups in total. The Morgan fingerprint density at radius 3 is 2.69 bits per heavy atom. The van der Waals surface area contributed by atoms with E-state index in [-0.39, 0.29) is 5.91 Å². The second kappa shape index (κ2) is 8.60. The van der Waals surface area contributed by atoms with Crippen LogP contribution in [0.5, 0.6) is 0 Å². The Morgan fingerprint density at radius 2 is 2.00 bits per heavy atom. The van der Waals surface area contributed by atoms with E-state index in [0.29, 0.717) is 6.04 Å². The number of benzene rings is 1. The third kappa shape index (κ3) is 4.09. The van der Waals surface area contributed by atoms with Gasteiger partial charge in [-0.1, -0.05) is 37.5 Å². The number of pyridine rings is 1. The Balaban J connectivity index is 1.48. The lowest BCUT2D eigenvalue weighted by atomic mass is 9.94. The van der Waals surface area contributed by atoms with Crippen molar-refractivity contribution in [1.82, 2.24) is 15.2 Å². The molecule has 1 amide bonds. The summed E-state index contributed by atoms with van der Waals surface area (Å²) in [4.78, 5) is 19.6. The Hall–Kier alpha value is -2.95. The van der Waals surface area contributed by atoms with Gasteiger partial charge in [0.1, 0.15) is 0 Å². The smallest absolute Gasteiger partial charge is 0.254 e. The predicted octanol–water partition coefficient (Wildman–Crippen LogP) is 4.17. The molecular weight excluding hydrogens is 360 g/mol. The molecule has 0 atom stereocenters. The lowest BCUT2D eigenvalue weighted by molar-refractivity contribution is 0.0660. The van der Waals surface area contributed by atoms with Crippen LogP contribution in [-0.4, -0.2) is 35.1 Å². The van der Waals surface area contributed by atoms with Crippen LogP contribution in [0, 0.1) is 5.41 Å². The molecule has 0 saturated heterocycles. The van der Waals surface area contributed by atoms with Gasteiger partial charge in [-0.2, -0.15) is 0 Å². The van der Waals surface area contributed by atoms with Gasteiger partial charge >= 0.3 is 0 Å². The molecule has 2 aliphatic rings. The number of fused-ring (bicyclic) bond motifs is 1. The molecule has 1 aliphatic carbocycles. The van der Waals surface area contributed by atoms with Crippen molar-refractivity contribution in [2.24, 2.45) is 0 Å². The van der Waals surface area contributed by atoms with Crippen LogP contribution in [0.1, 0.15) is 64.8 Å². The maximum Gasteiger partial charge on any atom is 0.254 e. The number of hydrogen-bond acceptors (Lipinski definition) is 4. The van der Waals surface area contributed by atoms with Crippen molar-refractivity contribution >= 4 is 17.7 Å². The zero-order valence-electron chi connectivity index (χ0n) is 16.9. The van der Waals surface area contributed by atoms with Crippen LogP contribution in [0.15, 0.2) is 42.7 Å². The van der Waals surface area contributed by atoms with Gasteiger partial charge in [0.2, 0.25) is 0 Å². The van der Waals surface area contributed by atoms with Gasteiger partial charge < -0.3 is 15.6 Å². The monoisotopic (exact) mass is 388 g/mol. The molecule has 0 spiro atoms. The number of allylic oxidation sites excluding steroid dienone is 1. The number of carbonyl (C=O) groups excluding carboxylic acids is 1. The fourth-order valence-corrected chi connectivity index (χ4v) is 4.45. The number of rotatable bonds is 6. The Morgan fingerprint density at radius 1 is 1.21 bits per heavy atom. The van der Waals surface area contributed by atoms with Crippen molar-refractivity contribution in [1.29, 1.82) is 5.41 Å². The van der Waals surface area contributed by atoms with E-state index in [4.69, 9.17) is 5.41 Å². The summed E-state index contributed by atoms with van der Waals surface area (Å²) in [5.41, 5.74) is 5.77. The molecule has 150 valence electrons. The number of aromatic nitrogens is 1. The van der Waals surface area contributed by atoms with Crippen molar-refractivity contribution in [3.63, 3.8) is 0 Å². The minimum Gasteiger partial charge on any atom is -0.393 e. The summed E-state index contributed by atoms with van der Waals surface area (Å²) in [5, 5.41) is 10.4. The SMILES string of the molecule is CN/C=C(\C=N)c1ccc(Cc2ccc3c(c2)C(=O)N(C2CCCCC2)C3)cn1. The molecule has 2 aromatic rings. The van der Waals surface area contributed by atoms with Gasteiger partial charge in [-0.25, -0.2) is 0 Å². The van der Waals surface area contributed by atoms with Crippen molar-refractivity contribution in [3.8, 4) is 0 Å². The van der Waals surface area contributed by atoms with Crippen molar-refractivity contribution in [2.75, 3.05) is 7.05 Å². The van der Waals surface area contributed by atoms with E-state index in [1.807, 2.05) is 25.4 Å². The highest BCUT2D eigenvalue weighted by Gasteiger charge is 2.33. The first kappa shape index (κ1) is 19.4. The second-order valence-corrected chi connectivity index (χ2v) is 7.98. The topological polar surface area (TPSA) is 69.1 Å². The van der Waals surface area contributed by atoms with Gasteiger partial charge in [-0.15, -0.1) is 0 Å². The van der Waals surface area contributed by atoms with Crippen LogP contribution in [0.3, 0.4) is 0 Å². The number of carbonyl (C=O) groups is 1. The third-order valence-electron chi connectivity index (χ3n) is 6.01. The molecule has 1 aromatic carbocycles. The highest BCUT2D eigenvalue weighted by Crippen LogP contribution is 2.31. The van der Waals surface area contributed by atoms with Crippen LogP contribution in [-0.2, 0) is 13.0 Å². The molecule has 29 heavy (non-hydrogen) atoms. The molecule has 0 unspecified atom stereocenters. The number of nitrogens with zero attached hydrogens (tertiary/aromatic N) is 2. The van der Waals surface area contributed by atoms with Crippen molar-refractivity contribution < 1.29 is 4.79 Å². The lowest BCUT2D eigenvalue weighted by Crippen LogP contribution is -2.36. The van der Waals surface area contributed by atoms with E-state index in [2.05, 4.69) is 33.4 Å². The first-order valence-corrected chi connectivity index (χ1v) is 10.5. The van der Waals surface area contributed by atoms with E-state index in [1.54, 1.807) is 6.20 Å². The molecule has 1 saturated carbocycles. The molecule has 5 heteroatoms. The van der Waals surface area contributed by atoms with E-state index < -0.39 is 0 Å². The summed E-state index contributed by atoms with van der Waals surface area (Å²) in [7, 11) is 1.81. The molecule has 2 heterocycles. The Kier molecular flexibility index (Phi) is 5.74. The maximum absolute atomic E-state index is 13.0. The zero-order chi connectivity index (χ0) is 20.2. The molecular formula is C24H28N4O. The Bertz CT molecular complexity index is 926. The van der Waals surface area contributed by atoms with Gasteiger partial charge in [0.05, 0.1) is 5.69 Å². The van der Waals surface area contributed by atoms with E-state index in [9.17, 15) is 4.79 Å². The van der Waals surface area contributed by atoms with E-state index in [0.717, 1.165) is 59.3 Å². The van der Waals surface area contributed by atoms with Crippen LogP contribution < -0.4 is 5.32 Å². The molecule has 0 radical (unpaired) electrons. The van der Waals surface area contributed by atoms with E-state index in [1.165, 1.54) is 25.5 Å². The van der Waals surface area contributed by atoms with Gasteiger partial charge in [0, 0.05) is 49.4 Å². The average Bonchev–Trinajstić information content (AvgIpc) is 3.09. The standard InChI is InChI=1S/C24H28N4O/c1-26-15-20(13-25)23-10-8-18(14-27-23)11-17-7-9-19-16-28(24(29)22(19)12-17)21-5-3-2-4-6-21/h7-10,12-15,21,25-26H,2-6,11,16H2,1H3/b20-15+,25-13?.